The highest BCUT2D eigenvalue weighted by atomic mass is 32.1. The molecule has 0 aliphatic heterocycles. The molecule has 5 heteroatoms. The minimum absolute atomic E-state index is 0.0328. The van der Waals surface area contributed by atoms with E-state index in [4.69, 9.17) is 9.97 Å². The predicted molar refractivity (Wildman–Crippen MR) is 145 cm³/mol. The molecule has 4 nitrogen and oxygen atoms in total. The zero-order valence-electron chi connectivity index (χ0n) is 21.3. The van der Waals surface area contributed by atoms with Crippen molar-refractivity contribution >= 4 is 21.6 Å². The third-order valence-electron chi connectivity index (χ3n) is 6.68. The summed E-state index contributed by atoms with van der Waals surface area (Å²) in [4.78, 5) is 12.5. The van der Waals surface area contributed by atoms with E-state index in [1.54, 1.807) is 0 Å². The monoisotopic (exact) mass is 474 g/mol. The van der Waals surface area contributed by atoms with Gasteiger partial charge in [-0.2, -0.15) is 0 Å². The first-order valence-electron chi connectivity index (χ1n) is 12.7. The summed E-state index contributed by atoms with van der Waals surface area (Å²) in [5.74, 6) is 0. The maximum atomic E-state index is 5.09. The van der Waals surface area contributed by atoms with Crippen LogP contribution in [-0.2, 0) is 12.8 Å². The number of imidazole rings is 1. The van der Waals surface area contributed by atoms with Gasteiger partial charge in [-0.15, -0.1) is 11.3 Å². The van der Waals surface area contributed by atoms with Crippen molar-refractivity contribution in [2.75, 3.05) is 19.6 Å². The first kappa shape index (κ1) is 24.6. The maximum Gasteiger partial charge on any atom is 0.121 e. The van der Waals surface area contributed by atoms with Crippen LogP contribution < -0.4 is 0 Å². The second-order valence-corrected chi connectivity index (χ2v) is 10.4. The van der Waals surface area contributed by atoms with E-state index >= 15 is 0 Å². The molecule has 0 spiro atoms. The zero-order valence-corrected chi connectivity index (χ0v) is 22.2. The van der Waals surface area contributed by atoms with Crippen LogP contribution in [0.3, 0.4) is 0 Å². The minimum Gasteiger partial charge on any atom is -0.323 e. The van der Waals surface area contributed by atoms with Crippen molar-refractivity contribution in [3.05, 3.63) is 81.9 Å². The molecule has 1 atom stereocenters. The van der Waals surface area contributed by atoms with Crippen LogP contribution in [0.4, 0.5) is 0 Å². The largest absolute Gasteiger partial charge is 0.323 e. The predicted octanol–water partition coefficient (Wildman–Crippen LogP) is 6.97. The SMILES string of the molecule is CCCN(CCC)CCc1cn(C(c2ccc(C)c(C)c2)c2nc3ccc(CC)cc3s2)cn1. The highest BCUT2D eigenvalue weighted by Crippen LogP contribution is 2.34. The average Bonchev–Trinajstić information content (AvgIpc) is 3.47. The number of rotatable bonds is 11. The Morgan fingerprint density at radius 2 is 1.74 bits per heavy atom. The van der Waals surface area contributed by atoms with Crippen LogP contribution in [0.25, 0.3) is 10.2 Å². The summed E-state index contributed by atoms with van der Waals surface area (Å²) >= 11 is 1.81. The van der Waals surface area contributed by atoms with Crippen molar-refractivity contribution in [1.29, 1.82) is 0 Å². The van der Waals surface area contributed by atoms with Crippen LogP contribution in [0, 0.1) is 13.8 Å². The molecule has 4 aromatic rings. The Morgan fingerprint density at radius 1 is 0.941 bits per heavy atom. The molecule has 2 heterocycles. The molecule has 0 bridgehead atoms. The molecule has 2 aromatic heterocycles. The fourth-order valence-electron chi connectivity index (χ4n) is 4.59. The Labute approximate surface area is 208 Å². The molecule has 0 saturated carbocycles. The first-order chi connectivity index (χ1) is 16.5. The Balaban J connectivity index is 1.67. The number of nitrogens with zero attached hydrogens (tertiary/aromatic N) is 4. The van der Waals surface area contributed by atoms with Gasteiger partial charge in [0.05, 0.1) is 22.2 Å². The number of hydrogen-bond acceptors (Lipinski definition) is 4. The molecule has 0 aliphatic rings. The van der Waals surface area contributed by atoms with E-state index < -0.39 is 0 Å². The molecule has 0 amide bonds. The van der Waals surface area contributed by atoms with Gasteiger partial charge in [0.25, 0.3) is 0 Å². The van der Waals surface area contributed by atoms with Gasteiger partial charge in [0.15, 0.2) is 0 Å². The van der Waals surface area contributed by atoms with Gasteiger partial charge >= 0.3 is 0 Å². The van der Waals surface area contributed by atoms with E-state index in [0.717, 1.165) is 48.7 Å². The van der Waals surface area contributed by atoms with Crippen molar-refractivity contribution in [3.8, 4) is 0 Å². The molecule has 0 radical (unpaired) electrons. The lowest BCUT2D eigenvalue weighted by molar-refractivity contribution is 0.277. The van der Waals surface area contributed by atoms with Crippen LogP contribution in [0.2, 0.25) is 0 Å². The molecule has 0 fully saturated rings. The van der Waals surface area contributed by atoms with Gasteiger partial charge in [-0.3, -0.25) is 0 Å². The Kier molecular flexibility index (Phi) is 8.17. The normalized spacial score (nSPS) is 12.6. The summed E-state index contributed by atoms with van der Waals surface area (Å²) in [5, 5.41) is 1.12. The topological polar surface area (TPSA) is 34.0 Å². The first-order valence-corrected chi connectivity index (χ1v) is 13.5. The maximum absolute atomic E-state index is 5.09. The highest BCUT2D eigenvalue weighted by Gasteiger charge is 2.22. The van der Waals surface area contributed by atoms with Crippen molar-refractivity contribution in [1.82, 2.24) is 19.4 Å². The summed E-state index contributed by atoms with van der Waals surface area (Å²) in [5.41, 5.74) is 7.49. The lowest BCUT2D eigenvalue weighted by atomic mass is 10.0. The third-order valence-corrected chi connectivity index (χ3v) is 7.75. The van der Waals surface area contributed by atoms with E-state index in [1.165, 1.54) is 39.8 Å². The molecule has 34 heavy (non-hydrogen) atoms. The Bertz CT molecular complexity index is 1220. The van der Waals surface area contributed by atoms with Crippen LogP contribution in [-0.4, -0.2) is 39.1 Å². The van der Waals surface area contributed by atoms with Crippen molar-refractivity contribution in [3.63, 3.8) is 0 Å². The summed E-state index contributed by atoms with van der Waals surface area (Å²) < 4.78 is 3.53. The summed E-state index contributed by atoms with van der Waals surface area (Å²) in [7, 11) is 0. The number of aryl methyl sites for hydroxylation is 3. The Hall–Kier alpha value is -2.50. The molecule has 0 aliphatic carbocycles. The molecule has 2 aromatic carbocycles. The van der Waals surface area contributed by atoms with E-state index in [2.05, 4.69) is 86.7 Å². The number of benzene rings is 2. The van der Waals surface area contributed by atoms with Gasteiger partial charge in [0, 0.05) is 19.2 Å². The fraction of sp³-hybridized carbons (Fsp3) is 0.448. The van der Waals surface area contributed by atoms with E-state index in [0.29, 0.717) is 0 Å². The van der Waals surface area contributed by atoms with Crippen molar-refractivity contribution in [2.45, 2.75) is 66.3 Å². The molecule has 0 N–H and O–H groups in total. The van der Waals surface area contributed by atoms with Crippen LogP contribution in [0.15, 0.2) is 48.9 Å². The number of hydrogen-bond donors (Lipinski definition) is 0. The van der Waals surface area contributed by atoms with Gasteiger partial charge in [-0.1, -0.05) is 45.0 Å². The van der Waals surface area contributed by atoms with Gasteiger partial charge in [0.1, 0.15) is 11.0 Å². The van der Waals surface area contributed by atoms with Crippen LogP contribution in [0.1, 0.15) is 72.6 Å². The van der Waals surface area contributed by atoms with Crippen molar-refractivity contribution < 1.29 is 0 Å². The standard InChI is InChI=1S/C29H38N4S/c1-6-14-32(15-7-2)16-13-25-19-33(20-30-25)28(24-11-9-21(4)22(5)17-24)29-31-26-12-10-23(8-3)18-27(26)34-29/h9-12,17-20,28H,6-8,13-16H2,1-5H3. The Morgan fingerprint density at radius 3 is 2.44 bits per heavy atom. The second kappa shape index (κ2) is 11.3. The van der Waals surface area contributed by atoms with E-state index in [9.17, 15) is 0 Å². The number of aromatic nitrogens is 3. The molecule has 1 unspecified atom stereocenters. The molecular weight excluding hydrogens is 436 g/mol. The zero-order chi connectivity index (χ0) is 24.1. The van der Waals surface area contributed by atoms with Gasteiger partial charge < -0.3 is 9.47 Å². The van der Waals surface area contributed by atoms with E-state index in [1.807, 2.05) is 17.7 Å². The summed E-state index contributed by atoms with van der Waals surface area (Å²) in [6.45, 7) is 14.5. The highest BCUT2D eigenvalue weighted by molar-refractivity contribution is 7.18. The number of thiazole rings is 1. The van der Waals surface area contributed by atoms with Crippen LogP contribution >= 0.6 is 11.3 Å². The van der Waals surface area contributed by atoms with Crippen molar-refractivity contribution in [2.24, 2.45) is 0 Å². The minimum atomic E-state index is 0.0328. The molecule has 180 valence electrons. The smallest absolute Gasteiger partial charge is 0.121 e. The quantitative estimate of drug-likeness (QED) is 0.235. The fourth-order valence-corrected chi connectivity index (χ4v) is 5.76. The summed E-state index contributed by atoms with van der Waals surface area (Å²) in [6, 6.07) is 13.5. The van der Waals surface area contributed by atoms with Gasteiger partial charge in [-0.05, 0) is 80.6 Å². The number of fused-ring (bicyclic) bond motifs is 1. The molecule has 4 rings (SSSR count). The lowest BCUT2D eigenvalue weighted by Crippen LogP contribution is -2.27. The van der Waals surface area contributed by atoms with Crippen LogP contribution in [0.5, 0.6) is 0 Å². The molecular formula is C29H38N4S. The molecule has 0 saturated heterocycles. The lowest BCUT2D eigenvalue weighted by Gasteiger charge is -2.20. The third kappa shape index (κ3) is 5.59. The van der Waals surface area contributed by atoms with Gasteiger partial charge in [0.2, 0.25) is 0 Å². The average molecular weight is 475 g/mol. The van der Waals surface area contributed by atoms with E-state index in [-0.39, 0.29) is 6.04 Å². The summed E-state index contributed by atoms with van der Waals surface area (Å²) in [6.07, 6.45) is 8.65. The van der Waals surface area contributed by atoms with Gasteiger partial charge in [-0.25, -0.2) is 9.97 Å². The second-order valence-electron chi connectivity index (χ2n) is 9.36.